The second-order valence-corrected chi connectivity index (χ2v) is 14.0. The van der Waals surface area contributed by atoms with E-state index in [9.17, 15) is 13.2 Å². The number of nitrogens with zero attached hydrogens (tertiary/aromatic N) is 2. The van der Waals surface area contributed by atoms with E-state index in [1.807, 2.05) is 49.3 Å². The van der Waals surface area contributed by atoms with E-state index in [-0.39, 0.29) is 34.2 Å². The molecule has 0 spiro atoms. The van der Waals surface area contributed by atoms with Gasteiger partial charge in [0.05, 0.1) is 5.69 Å². The summed E-state index contributed by atoms with van der Waals surface area (Å²) in [5, 5.41) is 6.58. The molecular formula is C29H42N4O3S. The molecule has 2 fully saturated rings. The summed E-state index contributed by atoms with van der Waals surface area (Å²) in [7, 11) is 1.65. The maximum absolute atomic E-state index is 13.8. The molecule has 4 rings (SSSR count). The van der Waals surface area contributed by atoms with Crippen LogP contribution in [0.3, 0.4) is 0 Å². The molecule has 2 bridgehead atoms. The number of carbonyl (C=O) groups is 1. The first kappa shape index (κ1) is 27.6. The normalized spacial score (nSPS) is 24.5. The van der Waals surface area contributed by atoms with Crippen LogP contribution in [0.1, 0.15) is 56.0 Å². The van der Waals surface area contributed by atoms with Gasteiger partial charge in [-0.25, -0.2) is 8.42 Å². The molecule has 0 aliphatic heterocycles. The van der Waals surface area contributed by atoms with Crippen LogP contribution in [0.4, 0.5) is 5.69 Å². The quantitative estimate of drug-likeness (QED) is 0.479. The standard InChI is InChI=1S/C29H42N4O3S/c1-28(2)23-14-15-29(3,19-23)27(28)31-26(34)22-12-13-24(30-16-17-32(4)5)25(18-22)37(35,36)33(6)20-21-10-8-7-9-11-21/h7-13,18,23,27,30H,14-17,19-20H2,1-6H3,(H,31,34)/t23-,27?,29?/m1/s1. The summed E-state index contributed by atoms with van der Waals surface area (Å²) < 4.78 is 28.9. The van der Waals surface area contributed by atoms with Gasteiger partial charge in [0.2, 0.25) is 10.0 Å². The largest absolute Gasteiger partial charge is 0.383 e. The van der Waals surface area contributed by atoms with E-state index >= 15 is 0 Å². The summed E-state index contributed by atoms with van der Waals surface area (Å²) in [6.07, 6.45) is 3.45. The van der Waals surface area contributed by atoms with E-state index in [2.05, 4.69) is 31.4 Å². The lowest BCUT2D eigenvalue weighted by Crippen LogP contribution is -2.52. The van der Waals surface area contributed by atoms with Gasteiger partial charge in [-0.2, -0.15) is 4.31 Å². The van der Waals surface area contributed by atoms with Crippen molar-refractivity contribution in [2.45, 2.75) is 57.5 Å². The zero-order valence-electron chi connectivity index (χ0n) is 23.0. The van der Waals surface area contributed by atoms with E-state index in [0.29, 0.717) is 23.7 Å². The van der Waals surface area contributed by atoms with Crippen molar-refractivity contribution in [3.63, 3.8) is 0 Å². The summed E-state index contributed by atoms with van der Waals surface area (Å²) in [4.78, 5) is 15.7. The van der Waals surface area contributed by atoms with Crippen LogP contribution in [0.15, 0.2) is 53.4 Å². The van der Waals surface area contributed by atoms with Crippen molar-refractivity contribution in [3.05, 3.63) is 59.7 Å². The van der Waals surface area contributed by atoms with Gasteiger partial charge < -0.3 is 15.5 Å². The van der Waals surface area contributed by atoms with Crippen molar-refractivity contribution < 1.29 is 13.2 Å². The summed E-state index contributed by atoms with van der Waals surface area (Å²) in [6.45, 7) is 8.35. The van der Waals surface area contributed by atoms with E-state index in [1.165, 1.54) is 16.8 Å². The smallest absolute Gasteiger partial charge is 0.251 e. The number of hydrogen-bond acceptors (Lipinski definition) is 5. The van der Waals surface area contributed by atoms with Crippen LogP contribution in [0.2, 0.25) is 0 Å². The summed E-state index contributed by atoms with van der Waals surface area (Å²) in [6, 6.07) is 14.6. The Kier molecular flexibility index (Phi) is 7.75. The van der Waals surface area contributed by atoms with Crippen molar-refractivity contribution in [2.24, 2.45) is 16.7 Å². The zero-order valence-corrected chi connectivity index (χ0v) is 23.9. The third kappa shape index (κ3) is 5.56. The number of anilines is 1. The summed E-state index contributed by atoms with van der Waals surface area (Å²) in [5.74, 6) is 0.391. The number of carbonyl (C=O) groups excluding carboxylic acids is 1. The lowest BCUT2D eigenvalue weighted by molar-refractivity contribution is 0.0737. The number of hydrogen-bond donors (Lipinski definition) is 2. The van der Waals surface area contributed by atoms with Crippen LogP contribution in [-0.2, 0) is 16.6 Å². The number of amides is 1. The Morgan fingerprint density at radius 2 is 1.76 bits per heavy atom. The van der Waals surface area contributed by atoms with Crippen molar-refractivity contribution >= 4 is 21.6 Å². The summed E-state index contributed by atoms with van der Waals surface area (Å²) >= 11 is 0. The second kappa shape index (κ2) is 10.4. The van der Waals surface area contributed by atoms with Crippen LogP contribution in [-0.4, -0.2) is 63.8 Å². The Bertz CT molecular complexity index is 1220. The molecule has 8 heteroatoms. The minimum atomic E-state index is -3.87. The fourth-order valence-electron chi connectivity index (χ4n) is 6.41. The van der Waals surface area contributed by atoms with Crippen LogP contribution in [0, 0.1) is 16.7 Å². The fraction of sp³-hybridized carbons (Fsp3) is 0.552. The van der Waals surface area contributed by atoms with Gasteiger partial charge in [0.15, 0.2) is 0 Å². The Morgan fingerprint density at radius 1 is 1.05 bits per heavy atom. The number of nitrogens with one attached hydrogen (secondary N) is 2. The highest BCUT2D eigenvalue weighted by Gasteiger charge is 2.59. The number of rotatable bonds is 10. The van der Waals surface area contributed by atoms with E-state index < -0.39 is 10.0 Å². The predicted molar refractivity (Wildman–Crippen MR) is 149 cm³/mol. The highest BCUT2D eigenvalue weighted by atomic mass is 32.2. The lowest BCUT2D eigenvalue weighted by atomic mass is 9.68. The molecule has 2 saturated carbocycles. The highest BCUT2D eigenvalue weighted by molar-refractivity contribution is 7.89. The highest BCUT2D eigenvalue weighted by Crippen LogP contribution is 2.62. The van der Waals surface area contributed by atoms with E-state index in [4.69, 9.17) is 0 Å². The van der Waals surface area contributed by atoms with Crippen molar-refractivity contribution in [2.75, 3.05) is 39.5 Å². The van der Waals surface area contributed by atoms with Crippen molar-refractivity contribution in [1.82, 2.24) is 14.5 Å². The summed E-state index contributed by atoms with van der Waals surface area (Å²) in [5.41, 5.74) is 1.87. The molecule has 3 atom stereocenters. The molecule has 2 aliphatic rings. The molecule has 2 aliphatic carbocycles. The predicted octanol–water partition coefficient (Wildman–Crippen LogP) is 4.43. The maximum Gasteiger partial charge on any atom is 0.251 e. The average Bonchev–Trinajstić information content (AvgIpc) is 3.33. The van der Waals surface area contributed by atoms with Crippen LogP contribution < -0.4 is 10.6 Å². The minimum Gasteiger partial charge on any atom is -0.383 e. The van der Waals surface area contributed by atoms with E-state index in [0.717, 1.165) is 24.9 Å². The fourth-order valence-corrected chi connectivity index (χ4v) is 7.76. The maximum atomic E-state index is 13.8. The molecule has 0 radical (unpaired) electrons. The molecule has 0 heterocycles. The van der Waals surface area contributed by atoms with Crippen molar-refractivity contribution in [1.29, 1.82) is 0 Å². The number of fused-ring (bicyclic) bond motifs is 2. The monoisotopic (exact) mass is 526 g/mol. The van der Waals surface area contributed by atoms with Crippen LogP contribution >= 0.6 is 0 Å². The average molecular weight is 527 g/mol. The molecule has 2 aromatic carbocycles. The second-order valence-electron chi connectivity index (χ2n) is 12.0. The van der Waals surface area contributed by atoms with Crippen LogP contribution in [0.5, 0.6) is 0 Å². The molecule has 1 amide bonds. The topological polar surface area (TPSA) is 81.8 Å². The zero-order chi connectivity index (χ0) is 27.0. The molecular weight excluding hydrogens is 484 g/mol. The molecule has 37 heavy (non-hydrogen) atoms. The molecule has 2 N–H and O–H groups in total. The number of likely N-dealkylation sites (N-methyl/N-ethyl adjacent to an activating group) is 1. The van der Waals surface area contributed by atoms with Gasteiger partial charge in [0.25, 0.3) is 5.91 Å². The van der Waals surface area contributed by atoms with Crippen molar-refractivity contribution in [3.8, 4) is 0 Å². The van der Waals surface area contributed by atoms with Gasteiger partial charge >= 0.3 is 0 Å². The lowest BCUT2D eigenvalue weighted by Gasteiger charge is -2.43. The van der Waals surface area contributed by atoms with Gasteiger partial charge in [-0.15, -0.1) is 0 Å². The van der Waals surface area contributed by atoms with Gasteiger partial charge in [0.1, 0.15) is 4.90 Å². The Balaban J connectivity index is 1.62. The molecule has 7 nitrogen and oxygen atoms in total. The van der Waals surface area contributed by atoms with Gasteiger partial charge in [-0.3, -0.25) is 4.79 Å². The van der Waals surface area contributed by atoms with Gasteiger partial charge in [-0.1, -0.05) is 51.1 Å². The molecule has 0 aromatic heterocycles. The Hall–Kier alpha value is -2.42. The van der Waals surface area contributed by atoms with Gasteiger partial charge in [0, 0.05) is 38.3 Å². The molecule has 202 valence electrons. The third-order valence-electron chi connectivity index (χ3n) is 8.60. The molecule has 2 unspecified atom stereocenters. The van der Waals surface area contributed by atoms with E-state index in [1.54, 1.807) is 19.2 Å². The minimum absolute atomic E-state index is 0.0150. The SMILES string of the molecule is CN(C)CCNc1ccc(C(=O)NC2C3(C)CC[C@H](C3)C2(C)C)cc1S(=O)(=O)N(C)Cc1ccccc1. The molecule has 0 saturated heterocycles. The Morgan fingerprint density at radius 3 is 2.38 bits per heavy atom. The first-order valence-electron chi connectivity index (χ1n) is 13.2. The molecule has 2 aromatic rings. The number of sulfonamides is 1. The van der Waals surface area contributed by atoms with Gasteiger partial charge in [-0.05, 0) is 73.9 Å². The number of benzene rings is 2. The third-order valence-corrected chi connectivity index (χ3v) is 10.4. The first-order valence-corrected chi connectivity index (χ1v) is 14.6. The Labute approximate surface area is 222 Å². The first-order chi connectivity index (χ1) is 17.3. The van der Waals surface area contributed by atoms with Crippen LogP contribution in [0.25, 0.3) is 0 Å².